The van der Waals surface area contributed by atoms with Crippen LogP contribution in [0.25, 0.3) is 0 Å². The van der Waals surface area contributed by atoms with Crippen LogP contribution in [-0.2, 0) is 0 Å². The number of nitrogens with one attached hydrogen (secondary N) is 1. The Morgan fingerprint density at radius 2 is 2.18 bits per heavy atom. The van der Waals surface area contributed by atoms with Gasteiger partial charge in [-0.2, -0.15) is 0 Å². The second-order valence-electron chi connectivity index (χ2n) is 4.88. The first-order valence-electron chi connectivity index (χ1n) is 6.41. The van der Waals surface area contributed by atoms with Crippen LogP contribution >= 0.6 is 0 Å². The van der Waals surface area contributed by atoms with E-state index in [-0.39, 0.29) is 6.04 Å². The van der Waals surface area contributed by atoms with Gasteiger partial charge in [0.2, 0.25) is 0 Å². The van der Waals surface area contributed by atoms with Gasteiger partial charge in [-0.3, -0.25) is 0 Å². The number of benzene rings is 1. The Bertz CT molecular complexity index is 348. The lowest BCUT2D eigenvalue weighted by Gasteiger charge is -2.28. The zero-order chi connectivity index (χ0) is 12.1. The molecular weight excluding hydrogens is 212 g/mol. The summed E-state index contributed by atoms with van der Waals surface area (Å²) < 4.78 is 5.76. The van der Waals surface area contributed by atoms with E-state index in [4.69, 9.17) is 10.5 Å². The fraction of sp³-hybridized carbons (Fsp3) is 0.571. The van der Waals surface area contributed by atoms with Crippen molar-refractivity contribution in [1.82, 2.24) is 5.32 Å². The van der Waals surface area contributed by atoms with E-state index >= 15 is 0 Å². The Kier molecular flexibility index (Phi) is 4.40. The van der Waals surface area contributed by atoms with E-state index in [2.05, 4.69) is 24.4 Å². The van der Waals surface area contributed by atoms with Crippen molar-refractivity contribution in [2.24, 2.45) is 11.7 Å². The molecule has 3 N–H and O–H groups in total. The molecule has 0 amide bonds. The van der Waals surface area contributed by atoms with Crippen molar-refractivity contribution in [1.29, 1.82) is 0 Å². The molecule has 1 fully saturated rings. The van der Waals surface area contributed by atoms with Gasteiger partial charge in [-0.1, -0.05) is 12.1 Å². The van der Waals surface area contributed by atoms with Crippen LogP contribution in [-0.4, -0.2) is 25.7 Å². The summed E-state index contributed by atoms with van der Waals surface area (Å²) >= 11 is 0. The van der Waals surface area contributed by atoms with Gasteiger partial charge in [-0.15, -0.1) is 0 Å². The predicted octanol–water partition coefficient (Wildman–Crippen LogP) is 1.70. The van der Waals surface area contributed by atoms with E-state index < -0.39 is 0 Å². The van der Waals surface area contributed by atoms with Gasteiger partial charge >= 0.3 is 0 Å². The number of ether oxygens (including phenoxy) is 1. The van der Waals surface area contributed by atoms with Crippen LogP contribution in [0, 0.1) is 12.8 Å². The highest BCUT2D eigenvalue weighted by molar-refractivity contribution is 5.27. The highest BCUT2D eigenvalue weighted by atomic mass is 16.5. The first-order chi connectivity index (χ1) is 8.25. The number of hydrogen-bond acceptors (Lipinski definition) is 3. The molecule has 1 aliphatic rings. The molecule has 1 atom stereocenters. The third kappa shape index (κ3) is 3.72. The fourth-order valence-corrected chi connectivity index (χ4v) is 2.31. The SMILES string of the molecule is Cc1cccc(OCC(N)C2CCNCC2)c1. The van der Waals surface area contributed by atoms with E-state index in [1.807, 2.05) is 12.1 Å². The quantitative estimate of drug-likeness (QED) is 0.833. The molecule has 2 rings (SSSR count). The molecule has 1 saturated heterocycles. The average Bonchev–Trinajstić information content (AvgIpc) is 2.37. The molecule has 1 aromatic rings. The molecule has 1 unspecified atom stereocenters. The topological polar surface area (TPSA) is 47.3 Å². The number of hydrogen-bond donors (Lipinski definition) is 2. The fourth-order valence-electron chi connectivity index (χ4n) is 2.31. The summed E-state index contributed by atoms with van der Waals surface area (Å²) in [5.74, 6) is 1.52. The number of rotatable bonds is 4. The Balaban J connectivity index is 1.80. The van der Waals surface area contributed by atoms with Crippen LogP contribution in [0.4, 0.5) is 0 Å². The van der Waals surface area contributed by atoms with E-state index in [1.165, 1.54) is 18.4 Å². The molecule has 3 nitrogen and oxygen atoms in total. The van der Waals surface area contributed by atoms with Crippen LogP contribution in [0.15, 0.2) is 24.3 Å². The Labute approximate surface area is 103 Å². The largest absolute Gasteiger partial charge is 0.492 e. The molecule has 0 aromatic heterocycles. The summed E-state index contributed by atoms with van der Waals surface area (Å²) in [5, 5.41) is 3.35. The van der Waals surface area contributed by atoms with Crippen molar-refractivity contribution in [3.05, 3.63) is 29.8 Å². The van der Waals surface area contributed by atoms with E-state index in [0.717, 1.165) is 18.8 Å². The van der Waals surface area contributed by atoms with Gasteiger partial charge in [0.05, 0.1) is 0 Å². The van der Waals surface area contributed by atoms with E-state index in [0.29, 0.717) is 12.5 Å². The van der Waals surface area contributed by atoms with Crippen molar-refractivity contribution < 1.29 is 4.74 Å². The lowest BCUT2D eigenvalue weighted by atomic mass is 9.91. The molecule has 17 heavy (non-hydrogen) atoms. The molecule has 1 aromatic carbocycles. The maximum absolute atomic E-state index is 6.18. The molecule has 0 spiro atoms. The molecule has 94 valence electrons. The van der Waals surface area contributed by atoms with Crippen molar-refractivity contribution in [2.45, 2.75) is 25.8 Å². The molecule has 0 saturated carbocycles. The molecule has 0 radical (unpaired) electrons. The number of piperidine rings is 1. The summed E-state index contributed by atoms with van der Waals surface area (Å²) in [5.41, 5.74) is 7.40. The lowest BCUT2D eigenvalue weighted by Crippen LogP contribution is -2.41. The molecule has 1 aliphatic heterocycles. The van der Waals surface area contributed by atoms with Gasteiger partial charge in [-0.05, 0) is 56.5 Å². The summed E-state index contributed by atoms with van der Waals surface area (Å²) in [7, 11) is 0. The normalized spacial score (nSPS) is 18.9. The zero-order valence-corrected chi connectivity index (χ0v) is 10.5. The minimum atomic E-state index is 0.151. The van der Waals surface area contributed by atoms with Crippen LogP contribution in [0.1, 0.15) is 18.4 Å². The van der Waals surface area contributed by atoms with Crippen LogP contribution < -0.4 is 15.8 Å². The summed E-state index contributed by atoms with van der Waals surface area (Å²) in [4.78, 5) is 0. The average molecular weight is 234 g/mol. The Morgan fingerprint density at radius 1 is 1.41 bits per heavy atom. The first-order valence-corrected chi connectivity index (χ1v) is 6.41. The minimum Gasteiger partial charge on any atom is -0.492 e. The van der Waals surface area contributed by atoms with Gasteiger partial charge in [0.15, 0.2) is 0 Å². The minimum absolute atomic E-state index is 0.151. The van der Waals surface area contributed by atoms with E-state index in [1.54, 1.807) is 0 Å². The predicted molar refractivity (Wildman–Crippen MR) is 70.2 cm³/mol. The highest BCUT2D eigenvalue weighted by Crippen LogP contribution is 2.17. The van der Waals surface area contributed by atoms with Gasteiger partial charge in [0, 0.05) is 6.04 Å². The molecule has 1 heterocycles. The standard InChI is InChI=1S/C14H22N2O/c1-11-3-2-4-13(9-11)17-10-14(15)12-5-7-16-8-6-12/h2-4,9,12,14,16H,5-8,10,15H2,1H3. The number of aryl methyl sites for hydroxylation is 1. The van der Waals surface area contributed by atoms with Crippen molar-refractivity contribution >= 4 is 0 Å². The highest BCUT2D eigenvalue weighted by Gasteiger charge is 2.20. The monoisotopic (exact) mass is 234 g/mol. The van der Waals surface area contributed by atoms with Gasteiger partial charge < -0.3 is 15.8 Å². The lowest BCUT2D eigenvalue weighted by molar-refractivity contribution is 0.219. The molecular formula is C14H22N2O. The third-order valence-electron chi connectivity index (χ3n) is 3.42. The zero-order valence-electron chi connectivity index (χ0n) is 10.5. The maximum Gasteiger partial charge on any atom is 0.119 e. The first kappa shape index (κ1) is 12.4. The van der Waals surface area contributed by atoms with Gasteiger partial charge in [-0.25, -0.2) is 0 Å². The smallest absolute Gasteiger partial charge is 0.119 e. The van der Waals surface area contributed by atoms with Crippen LogP contribution in [0.3, 0.4) is 0 Å². The van der Waals surface area contributed by atoms with Crippen molar-refractivity contribution in [3.63, 3.8) is 0 Å². The maximum atomic E-state index is 6.18. The molecule has 3 heteroatoms. The Hall–Kier alpha value is -1.06. The second kappa shape index (κ2) is 6.03. The van der Waals surface area contributed by atoms with E-state index in [9.17, 15) is 0 Å². The summed E-state index contributed by atoms with van der Waals surface area (Å²) in [6.07, 6.45) is 2.33. The molecule has 0 aliphatic carbocycles. The van der Waals surface area contributed by atoms with Crippen LogP contribution in [0.5, 0.6) is 5.75 Å². The van der Waals surface area contributed by atoms with Gasteiger partial charge in [0.25, 0.3) is 0 Å². The third-order valence-corrected chi connectivity index (χ3v) is 3.42. The Morgan fingerprint density at radius 3 is 2.88 bits per heavy atom. The second-order valence-corrected chi connectivity index (χ2v) is 4.88. The van der Waals surface area contributed by atoms with Crippen LogP contribution in [0.2, 0.25) is 0 Å². The summed E-state index contributed by atoms with van der Waals surface area (Å²) in [6.45, 7) is 4.86. The summed E-state index contributed by atoms with van der Waals surface area (Å²) in [6, 6.07) is 8.27. The van der Waals surface area contributed by atoms with Crippen molar-refractivity contribution in [2.75, 3.05) is 19.7 Å². The number of nitrogens with two attached hydrogens (primary N) is 1. The molecule has 0 bridgehead atoms. The van der Waals surface area contributed by atoms with Crippen molar-refractivity contribution in [3.8, 4) is 5.75 Å². The van der Waals surface area contributed by atoms with Gasteiger partial charge in [0.1, 0.15) is 12.4 Å².